The maximum Gasteiger partial charge on any atom is 0.408 e. The predicted octanol–water partition coefficient (Wildman–Crippen LogP) is 5.49. The third-order valence-electron chi connectivity index (χ3n) is 8.63. The van der Waals surface area contributed by atoms with Crippen molar-refractivity contribution >= 4 is 29.0 Å². The van der Waals surface area contributed by atoms with Gasteiger partial charge in [-0.2, -0.15) is 8.78 Å². The van der Waals surface area contributed by atoms with Gasteiger partial charge in [0.1, 0.15) is 23.9 Å². The number of para-hydroxylation sites is 2. The highest BCUT2D eigenvalue weighted by molar-refractivity contribution is 5.91. The lowest BCUT2D eigenvalue weighted by Gasteiger charge is -2.35. The van der Waals surface area contributed by atoms with Crippen molar-refractivity contribution in [1.29, 1.82) is 0 Å². The van der Waals surface area contributed by atoms with Gasteiger partial charge in [0.15, 0.2) is 0 Å². The van der Waals surface area contributed by atoms with Gasteiger partial charge in [0.2, 0.25) is 5.91 Å². The fourth-order valence-electron chi connectivity index (χ4n) is 6.31. The fraction of sp³-hybridized carbons (Fsp3) is 0.559. The highest BCUT2D eigenvalue weighted by atomic mass is 19.3. The minimum atomic E-state index is -3.46. The van der Waals surface area contributed by atoms with E-state index in [9.17, 15) is 14.4 Å². The highest BCUT2D eigenvalue weighted by Crippen LogP contribution is 2.42. The summed E-state index contributed by atoms with van der Waals surface area (Å²) in [5.74, 6) is -4.63. The molecule has 46 heavy (non-hydrogen) atoms. The Bertz CT molecular complexity index is 1480. The van der Waals surface area contributed by atoms with Crippen molar-refractivity contribution in [1.82, 2.24) is 20.2 Å². The Morgan fingerprint density at radius 2 is 1.78 bits per heavy atom. The number of amides is 2. The summed E-state index contributed by atoms with van der Waals surface area (Å²) in [6, 6.07) is 4.61. The Balaban J connectivity index is 1.61. The Morgan fingerprint density at radius 1 is 1.13 bits per heavy atom. The van der Waals surface area contributed by atoms with Crippen LogP contribution >= 0.6 is 0 Å². The number of nitrogens with zero attached hydrogens (tertiary/aromatic N) is 3. The van der Waals surface area contributed by atoms with Gasteiger partial charge in [0, 0.05) is 6.54 Å². The molecule has 1 saturated heterocycles. The summed E-state index contributed by atoms with van der Waals surface area (Å²) >= 11 is 0. The van der Waals surface area contributed by atoms with Gasteiger partial charge in [0.05, 0.1) is 36.5 Å². The van der Waals surface area contributed by atoms with Crippen LogP contribution < -0.4 is 5.32 Å². The van der Waals surface area contributed by atoms with Crippen molar-refractivity contribution in [2.24, 2.45) is 10.8 Å². The summed E-state index contributed by atoms with van der Waals surface area (Å²) in [7, 11) is 1.22. The van der Waals surface area contributed by atoms with Crippen LogP contribution in [0.5, 0.6) is 0 Å². The average Bonchev–Trinajstić information content (AvgIpc) is 3.60. The minimum Gasteiger partial charge on any atom is -0.467 e. The van der Waals surface area contributed by atoms with Crippen molar-refractivity contribution in [2.45, 2.75) is 90.0 Å². The molecule has 0 spiro atoms. The second-order valence-corrected chi connectivity index (χ2v) is 13.5. The summed E-state index contributed by atoms with van der Waals surface area (Å²) in [5, 5.41) is 2.74. The van der Waals surface area contributed by atoms with E-state index in [0.29, 0.717) is 30.1 Å². The third kappa shape index (κ3) is 7.71. The van der Waals surface area contributed by atoms with Gasteiger partial charge in [-0.25, -0.2) is 19.6 Å². The summed E-state index contributed by atoms with van der Waals surface area (Å²) < 4.78 is 46.7. The number of aromatic nitrogens is 2. The SMILES string of the molecule is C=CCO[C@@H]1CCC[C@H]1OC(=O)N[C@H](C(=O)N1C[C@](C)(Cc2nc3ccccc3nc2C(F)(F)C=C)C[C@H]1C(=O)OC)C(C)(C)C. The number of methoxy groups -OCH3 is 1. The maximum absolute atomic E-state index is 15.1. The number of fused-ring (bicyclic) bond motifs is 1. The monoisotopic (exact) mass is 642 g/mol. The Labute approximate surface area is 268 Å². The van der Waals surface area contributed by atoms with E-state index in [0.717, 1.165) is 12.8 Å². The molecule has 1 aromatic heterocycles. The number of ether oxygens (including phenoxy) is 3. The molecule has 10 nitrogen and oxygen atoms in total. The lowest BCUT2D eigenvalue weighted by atomic mass is 9.82. The van der Waals surface area contributed by atoms with E-state index < -0.39 is 58.6 Å². The molecule has 0 unspecified atom stereocenters. The molecule has 2 aliphatic rings. The molecular formula is C34H44F2N4O6. The number of rotatable bonds is 11. The highest BCUT2D eigenvalue weighted by Gasteiger charge is 2.51. The molecule has 1 aliphatic heterocycles. The van der Waals surface area contributed by atoms with Crippen LogP contribution in [0, 0.1) is 10.8 Å². The van der Waals surface area contributed by atoms with Crippen molar-refractivity contribution in [3.8, 4) is 0 Å². The van der Waals surface area contributed by atoms with Gasteiger partial charge in [-0.05, 0) is 61.1 Å². The van der Waals surface area contributed by atoms with Gasteiger partial charge in [0.25, 0.3) is 0 Å². The van der Waals surface area contributed by atoms with Gasteiger partial charge >= 0.3 is 18.0 Å². The number of hydrogen-bond acceptors (Lipinski definition) is 8. The molecule has 1 saturated carbocycles. The molecular weight excluding hydrogens is 598 g/mol. The van der Waals surface area contributed by atoms with E-state index in [1.165, 1.54) is 12.0 Å². The first kappa shape index (κ1) is 34.9. The number of hydrogen-bond donors (Lipinski definition) is 1. The Hall–Kier alpha value is -3.93. The average molecular weight is 643 g/mol. The maximum atomic E-state index is 15.1. The summed E-state index contributed by atoms with van der Waals surface area (Å²) in [4.78, 5) is 50.6. The Morgan fingerprint density at radius 3 is 2.39 bits per heavy atom. The van der Waals surface area contributed by atoms with Crippen LogP contribution in [0.2, 0.25) is 0 Å². The lowest BCUT2D eigenvalue weighted by Crippen LogP contribution is -2.57. The van der Waals surface area contributed by atoms with Crippen molar-refractivity contribution < 1.29 is 37.4 Å². The van der Waals surface area contributed by atoms with Crippen molar-refractivity contribution in [2.75, 3.05) is 20.3 Å². The smallest absolute Gasteiger partial charge is 0.408 e. The van der Waals surface area contributed by atoms with Gasteiger partial charge in [-0.15, -0.1) is 6.58 Å². The van der Waals surface area contributed by atoms with Crippen LogP contribution in [0.3, 0.4) is 0 Å². The third-order valence-corrected chi connectivity index (χ3v) is 8.63. The number of carbonyl (C=O) groups excluding carboxylic acids is 3. The second-order valence-electron chi connectivity index (χ2n) is 13.5. The first-order valence-electron chi connectivity index (χ1n) is 15.5. The Kier molecular flexibility index (Phi) is 10.5. The molecule has 2 amide bonds. The molecule has 2 aromatic rings. The van der Waals surface area contributed by atoms with E-state index in [2.05, 4.69) is 28.4 Å². The zero-order valence-electron chi connectivity index (χ0n) is 27.2. The molecule has 250 valence electrons. The second kappa shape index (κ2) is 13.8. The number of nitrogens with one attached hydrogen (secondary N) is 1. The van der Waals surface area contributed by atoms with E-state index in [1.807, 2.05) is 0 Å². The normalized spacial score (nSPS) is 24.0. The number of halogens is 2. The molecule has 1 N–H and O–H groups in total. The molecule has 1 aromatic carbocycles. The van der Waals surface area contributed by atoms with E-state index in [4.69, 9.17) is 14.2 Å². The standard InChI is InChI=1S/C34H44F2N4O6/c1-8-17-45-25-15-12-16-26(25)46-31(43)39-28(32(3,4)5)29(41)40-20-33(6,19-24(40)30(42)44-7)18-23-27(34(35,36)9-2)38-22-14-11-10-13-21(22)37-23/h8-11,13-14,24-26,28H,1-2,12,15-20H2,3-7H3,(H,39,43)/t24-,25+,26+,28+,33+/m0/s1. The van der Waals surface area contributed by atoms with E-state index >= 15 is 8.78 Å². The molecule has 2 heterocycles. The van der Waals surface area contributed by atoms with E-state index in [1.54, 1.807) is 58.0 Å². The van der Waals surface area contributed by atoms with Crippen LogP contribution in [0.4, 0.5) is 13.6 Å². The van der Waals surface area contributed by atoms with Gasteiger partial charge < -0.3 is 24.4 Å². The number of carbonyl (C=O) groups is 3. The largest absolute Gasteiger partial charge is 0.467 e. The first-order chi connectivity index (χ1) is 21.6. The van der Waals surface area contributed by atoms with Crippen LogP contribution in [-0.4, -0.2) is 77.4 Å². The molecule has 5 atom stereocenters. The minimum absolute atomic E-state index is 0.00962. The molecule has 12 heteroatoms. The molecule has 2 fully saturated rings. The van der Waals surface area contributed by atoms with Gasteiger partial charge in [-0.3, -0.25) is 4.79 Å². The molecule has 1 aliphatic carbocycles. The van der Waals surface area contributed by atoms with Crippen LogP contribution in [0.15, 0.2) is 49.6 Å². The zero-order chi connectivity index (χ0) is 33.9. The number of likely N-dealkylation sites (tertiary alicyclic amines) is 1. The fourth-order valence-corrected chi connectivity index (χ4v) is 6.31. The summed E-state index contributed by atoms with van der Waals surface area (Å²) in [6.45, 7) is 14.5. The van der Waals surface area contributed by atoms with Crippen LogP contribution in [0.1, 0.15) is 64.8 Å². The van der Waals surface area contributed by atoms with Gasteiger partial charge in [-0.1, -0.05) is 52.5 Å². The van der Waals surface area contributed by atoms with Crippen molar-refractivity contribution in [3.63, 3.8) is 0 Å². The predicted molar refractivity (Wildman–Crippen MR) is 168 cm³/mol. The van der Waals surface area contributed by atoms with Crippen LogP contribution in [-0.2, 0) is 36.1 Å². The molecule has 4 rings (SSSR count). The van der Waals surface area contributed by atoms with Crippen molar-refractivity contribution in [3.05, 3.63) is 61.0 Å². The number of esters is 1. The molecule has 0 radical (unpaired) electrons. The topological polar surface area (TPSA) is 120 Å². The number of alkyl carbamates (subject to hydrolysis) is 1. The molecule has 0 bridgehead atoms. The summed E-state index contributed by atoms with van der Waals surface area (Å²) in [6.07, 6.45) is 2.94. The lowest BCUT2D eigenvalue weighted by molar-refractivity contribution is -0.152. The number of allylic oxidation sites excluding steroid dienone is 1. The van der Waals surface area contributed by atoms with E-state index in [-0.39, 0.29) is 31.2 Å². The number of benzene rings is 1. The van der Waals surface area contributed by atoms with Crippen LogP contribution in [0.25, 0.3) is 11.0 Å². The summed E-state index contributed by atoms with van der Waals surface area (Å²) in [5.41, 5.74) is -1.39. The zero-order valence-corrected chi connectivity index (χ0v) is 27.2. The quantitative estimate of drug-likeness (QED) is 0.252. The number of alkyl halides is 2. The first-order valence-corrected chi connectivity index (χ1v) is 15.5.